The lowest BCUT2D eigenvalue weighted by molar-refractivity contribution is 0.112. The molecule has 1 atom stereocenters. The van der Waals surface area contributed by atoms with E-state index in [0.29, 0.717) is 0 Å². The van der Waals surface area contributed by atoms with E-state index in [-0.39, 0.29) is 6.04 Å². The normalized spacial score (nSPS) is 16.7. The van der Waals surface area contributed by atoms with Crippen LogP contribution >= 0.6 is 0 Å². The molecule has 0 saturated heterocycles. The predicted molar refractivity (Wildman–Crippen MR) is 63.3 cm³/mol. The number of aldehydes is 1. The summed E-state index contributed by atoms with van der Waals surface area (Å²) < 4.78 is 0. The van der Waals surface area contributed by atoms with Gasteiger partial charge in [0, 0.05) is 5.56 Å². The van der Waals surface area contributed by atoms with Gasteiger partial charge in [-0.3, -0.25) is 4.79 Å². The third-order valence-electron chi connectivity index (χ3n) is 3.16. The fourth-order valence-corrected chi connectivity index (χ4v) is 2.42. The maximum absolute atomic E-state index is 11.0. The first-order valence-corrected chi connectivity index (χ1v) is 5.26. The Hall–Kier alpha value is -1.93. The summed E-state index contributed by atoms with van der Waals surface area (Å²) in [5.41, 5.74) is 11.1. The molecule has 2 aromatic carbocycles. The van der Waals surface area contributed by atoms with Gasteiger partial charge in [0.1, 0.15) is 0 Å². The van der Waals surface area contributed by atoms with Gasteiger partial charge in [0.25, 0.3) is 0 Å². The smallest absolute Gasteiger partial charge is 0.150 e. The molecule has 0 spiro atoms. The molecule has 0 fully saturated rings. The summed E-state index contributed by atoms with van der Waals surface area (Å²) in [4.78, 5) is 11.0. The molecular formula is C14H11NO. The number of rotatable bonds is 1. The molecule has 0 aromatic heterocycles. The van der Waals surface area contributed by atoms with Crippen LogP contribution in [0.4, 0.5) is 0 Å². The van der Waals surface area contributed by atoms with Crippen molar-refractivity contribution in [3.63, 3.8) is 0 Å². The van der Waals surface area contributed by atoms with E-state index in [1.807, 2.05) is 42.5 Å². The maximum Gasteiger partial charge on any atom is 0.150 e. The predicted octanol–water partition coefficient (Wildman–Crippen LogP) is 2.53. The molecule has 2 N–H and O–H groups in total. The summed E-state index contributed by atoms with van der Waals surface area (Å²) in [6.07, 6.45) is 0.896. The highest BCUT2D eigenvalue weighted by molar-refractivity contribution is 5.93. The summed E-state index contributed by atoms with van der Waals surface area (Å²) in [6.45, 7) is 0. The summed E-state index contributed by atoms with van der Waals surface area (Å²) in [5, 5.41) is 0. The monoisotopic (exact) mass is 209 g/mol. The number of carbonyl (C=O) groups excluding carboxylic acids is 1. The molecule has 0 heterocycles. The van der Waals surface area contributed by atoms with Gasteiger partial charge in [-0.25, -0.2) is 0 Å². The number of hydrogen-bond acceptors (Lipinski definition) is 2. The molecule has 2 aromatic rings. The second-order valence-electron chi connectivity index (χ2n) is 3.99. The van der Waals surface area contributed by atoms with Crippen molar-refractivity contribution in [1.82, 2.24) is 0 Å². The number of carbonyl (C=O) groups is 1. The molecule has 16 heavy (non-hydrogen) atoms. The molecule has 0 radical (unpaired) electrons. The molecule has 1 aliphatic rings. The number of nitrogens with two attached hydrogens (primary N) is 1. The Morgan fingerprint density at radius 2 is 1.75 bits per heavy atom. The molecule has 2 heteroatoms. The van der Waals surface area contributed by atoms with Gasteiger partial charge in [-0.05, 0) is 22.3 Å². The largest absolute Gasteiger partial charge is 0.320 e. The van der Waals surface area contributed by atoms with E-state index in [4.69, 9.17) is 5.73 Å². The van der Waals surface area contributed by atoms with Crippen molar-refractivity contribution in [1.29, 1.82) is 0 Å². The Morgan fingerprint density at radius 1 is 1.00 bits per heavy atom. The number of benzene rings is 2. The van der Waals surface area contributed by atoms with Gasteiger partial charge in [-0.15, -0.1) is 0 Å². The zero-order valence-corrected chi connectivity index (χ0v) is 8.68. The summed E-state index contributed by atoms with van der Waals surface area (Å²) in [6, 6.07) is 13.6. The summed E-state index contributed by atoms with van der Waals surface area (Å²) in [7, 11) is 0. The minimum Gasteiger partial charge on any atom is -0.320 e. The molecule has 1 unspecified atom stereocenters. The third kappa shape index (κ3) is 1.08. The van der Waals surface area contributed by atoms with Gasteiger partial charge in [0.15, 0.2) is 6.29 Å². The van der Waals surface area contributed by atoms with Gasteiger partial charge in [0.05, 0.1) is 6.04 Å². The van der Waals surface area contributed by atoms with Crippen LogP contribution in [0.2, 0.25) is 0 Å². The van der Waals surface area contributed by atoms with Crippen molar-refractivity contribution in [2.75, 3.05) is 0 Å². The van der Waals surface area contributed by atoms with Crippen LogP contribution in [0.5, 0.6) is 0 Å². The average molecular weight is 209 g/mol. The molecular weight excluding hydrogens is 198 g/mol. The molecule has 3 rings (SSSR count). The van der Waals surface area contributed by atoms with E-state index in [1.54, 1.807) is 0 Å². The Balaban J connectivity index is 2.39. The molecule has 0 bridgehead atoms. The van der Waals surface area contributed by atoms with E-state index in [2.05, 4.69) is 0 Å². The Morgan fingerprint density at radius 3 is 2.56 bits per heavy atom. The highest BCUT2D eigenvalue weighted by Crippen LogP contribution is 2.43. The molecule has 78 valence electrons. The van der Waals surface area contributed by atoms with Crippen LogP contribution in [-0.2, 0) is 0 Å². The van der Waals surface area contributed by atoms with E-state index >= 15 is 0 Å². The molecule has 1 aliphatic carbocycles. The first-order valence-electron chi connectivity index (χ1n) is 5.26. The third-order valence-corrected chi connectivity index (χ3v) is 3.16. The summed E-state index contributed by atoms with van der Waals surface area (Å²) >= 11 is 0. The topological polar surface area (TPSA) is 43.1 Å². The van der Waals surface area contributed by atoms with Crippen LogP contribution in [0.3, 0.4) is 0 Å². The minimum absolute atomic E-state index is 0.105. The van der Waals surface area contributed by atoms with Crippen molar-refractivity contribution in [2.45, 2.75) is 6.04 Å². The lowest BCUT2D eigenvalue weighted by Crippen LogP contribution is -2.07. The van der Waals surface area contributed by atoms with Crippen LogP contribution in [0.15, 0.2) is 42.5 Å². The van der Waals surface area contributed by atoms with Crippen molar-refractivity contribution < 1.29 is 4.79 Å². The van der Waals surface area contributed by atoms with Crippen molar-refractivity contribution in [2.24, 2.45) is 5.73 Å². The first kappa shape index (κ1) is 9.31. The van der Waals surface area contributed by atoms with Crippen LogP contribution in [0.25, 0.3) is 11.1 Å². The Labute approximate surface area is 93.7 Å². The molecule has 2 nitrogen and oxygen atoms in total. The zero-order chi connectivity index (χ0) is 11.1. The summed E-state index contributed by atoms with van der Waals surface area (Å²) in [5.74, 6) is 0. The Kier molecular flexibility index (Phi) is 1.91. The second-order valence-corrected chi connectivity index (χ2v) is 3.99. The molecule has 0 amide bonds. The van der Waals surface area contributed by atoms with Gasteiger partial charge in [-0.1, -0.05) is 42.5 Å². The number of fused-ring (bicyclic) bond motifs is 3. The van der Waals surface area contributed by atoms with Crippen molar-refractivity contribution >= 4 is 6.29 Å². The van der Waals surface area contributed by atoms with E-state index < -0.39 is 0 Å². The fraction of sp³-hybridized carbons (Fsp3) is 0.0714. The van der Waals surface area contributed by atoms with Crippen molar-refractivity contribution in [3.05, 3.63) is 59.2 Å². The van der Waals surface area contributed by atoms with Gasteiger partial charge < -0.3 is 5.73 Å². The molecule has 0 aliphatic heterocycles. The Bertz CT molecular complexity index is 575. The van der Waals surface area contributed by atoms with E-state index in [9.17, 15) is 4.79 Å². The van der Waals surface area contributed by atoms with E-state index in [0.717, 1.165) is 34.1 Å². The highest BCUT2D eigenvalue weighted by atomic mass is 16.1. The van der Waals surface area contributed by atoms with Gasteiger partial charge >= 0.3 is 0 Å². The van der Waals surface area contributed by atoms with Crippen LogP contribution in [0, 0.1) is 0 Å². The lowest BCUT2D eigenvalue weighted by atomic mass is 10.0. The van der Waals surface area contributed by atoms with Gasteiger partial charge in [-0.2, -0.15) is 0 Å². The fourth-order valence-electron chi connectivity index (χ4n) is 2.42. The standard InChI is InChI=1S/C14H11NO/c15-14-11-6-2-1-5-10(11)13-9(8-16)4-3-7-12(13)14/h1-8,14H,15H2. The maximum atomic E-state index is 11.0. The average Bonchev–Trinajstić information content (AvgIpc) is 2.64. The highest BCUT2D eigenvalue weighted by Gasteiger charge is 2.26. The lowest BCUT2D eigenvalue weighted by Gasteiger charge is -2.05. The first-order chi connectivity index (χ1) is 7.83. The van der Waals surface area contributed by atoms with Crippen molar-refractivity contribution in [3.8, 4) is 11.1 Å². The van der Waals surface area contributed by atoms with E-state index in [1.165, 1.54) is 0 Å². The van der Waals surface area contributed by atoms with Crippen LogP contribution in [0.1, 0.15) is 27.5 Å². The van der Waals surface area contributed by atoms with Crippen LogP contribution in [-0.4, -0.2) is 6.29 Å². The minimum atomic E-state index is -0.105. The zero-order valence-electron chi connectivity index (χ0n) is 8.68. The van der Waals surface area contributed by atoms with Gasteiger partial charge in [0.2, 0.25) is 0 Å². The SMILES string of the molecule is NC1c2ccccc2-c2c(C=O)cccc21. The van der Waals surface area contributed by atoms with Crippen LogP contribution < -0.4 is 5.73 Å². The number of hydrogen-bond donors (Lipinski definition) is 1. The quantitative estimate of drug-likeness (QED) is 0.733. The second kappa shape index (κ2) is 3.29. The molecule has 0 saturated carbocycles.